The van der Waals surface area contributed by atoms with Crippen LogP contribution in [-0.4, -0.2) is 47.5 Å². The molecule has 2 rings (SSSR count). The summed E-state index contributed by atoms with van der Waals surface area (Å²) in [7, 11) is 0. The summed E-state index contributed by atoms with van der Waals surface area (Å²) in [5.74, 6) is 0. The molecule has 0 unspecified atom stereocenters. The fourth-order valence-corrected chi connectivity index (χ4v) is 1.53. The topological polar surface area (TPSA) is 84.9 Å². The quantitative estimate of drug-likeness (QED) is 0.351. The highest BCUT2D eigenvalue weighted by atomic mass is 16.6. The second-order valence-corrected chi connectivity index (χ2v) is 3.09. The summed E-state index contributed by atoms with van der Waals surface area (Å²) in [4.78, 5) is 0. The number of nitrogens with two attached hydrogens (primary N) is 1. The molecule has 0 bridgehead atoms. The van der Waals surface area contributed by atoms with Crippen molar-refractivity contribution < 1.29 is 19.7 Å². The van der Waals surface area contributed by atoms with E-state index in [9.17, 15) is 10.2 Å². The molecule has 0 aliphatic carbocycles. The predicted octanol–water partition coefficient (Wildman–Crippen LogP) is -2.21. The number of rotatable bonds is 0. The van der Waals surface area contributed by atoms with Crippen molar-refractivity contribution in [2.45, 2.75) is 24.0 Å². The Labute approximate surface area is 63.7 Å². The molecule has 2 aliphatic rings. The first-order valence-electron chi connectivity index (χ1n) is 3.54. The lowest BCUT2D eigenvalue weighted by Gasteiger charge is -2.20. The van der Waals surface area contributed by atoms with Gasteiger partial charge in [-0.2, -0.15) is 0 Å². The zero-order valence-electron chi connectivity index (χ0n) is 5.93. The van der Waals surface area contributed by atoms with Crippen LogP contribution in [0.1, 0.15) is 0 Å². The summed E-state index contributed by atoms with van der Waals surface area (Å²) in [6.07, 6.45) is -1.68. The molecule has 2 heterocycles. The van der Waals surface area contributed by atoms with E-state index in [1.807, 2.05) is 0 Å². The van der Waals surface area contributed by atoms with Gasteiger partial charge in [-0.05, 0) is 0 Å². The molecule has 0 radical (unpaired) electrons. The molecule has 2 fully saturated rings. The van der Waals surface area contributed by atoms with Gasteiger partial charge < -0.3 is 19.7 Å². The van der Waals surface area contributed by atoms with Crippen LogP contribution in [0.4, 0.5) is 0 Å². The zero-order valence-corrected chi connectivity index (χ0v) is 5.93. The molecule has 64 valence electrons. The molecule has 5 heteroatoms. The van der Waals surface area contributed by atoms with Gasteiger partial charge in [-0.25, -0.2) is 0 Å². The van der Waals surface area contributed by atoms with E-state index >= 15 is 0 Å². The molecular weight excluding hydrogens is 150 g/mol. The van der Waals surface area contributed by atoms with E-state index in [2.05, 4.69) is 0 Å². The van der Waals surface area contributed by atoms with E-state index in [0.29, 0.717) is 0 Å². The summed E-state index contributed by atoms with van der Waals surface area (Å²) in [6.45, 7) is 0.217. The Morgan fingerprint density at radius 3 is 2.82 bits per heavy atom. The maximum Gasteiger partial charge on any atom is 0.166 e. The van der Waals surface area contributed by atoms with E-state index in [4.69, 9.17) is 15.2 Å². The lowest BCUT2D eigenvalue weighted by molar-refractivity contribution is -0.0649. The molecule has 4 atom stereocenters. The van der Waals surface area contributed by atoms with Gasteiger partial charge in [0.05, 0.1) is 13.2 Å². The van der Waals surface area contributed by atoms with Crippen LogP contribution in [0.25, 0.3) is 0 Å². The SMILES string of the molecule is N[C@]1(O)CO[C@@H]2[C@H](O)CO[C@@H]21. The lowest BCUT2D eigenvalue weighted by atomic mass is 10.1. The number of hydrogen-bond acceptors (Lipinski definition) is 5. The van der Waals surface area contributed by atoms with Crippen molar-refractivity contribution in [1.82, 2.24) is 0 Å². The van der Waals surface area contributed by atoms with Crippen LogP contribution in [-0.2, 0) is 9.47 Å². The van der Waals surface area contributed by atoms with Crippen LogP contribution in [0.15, 0.2) is 0 Å². The summed E-state index contributed by atoms with van der Waals surface area (Å²) in [6, 6.07) is 0. The van der Waals surface area contributed by atoms with E-state index in [1.54, 1.807) is 0 Å². The fraction of sp³-hybridized carbons (Fsp3) is 1.00. The molecular formula is C6H11NO4. The first-order chi connectivity index (χ1) is 5.11. The number of ether oxygens (including phenoxy) is 2. The van der Waals surface area contributed by atoms with Crippen molar-refractivity contribution in [2.24, 2.45) is 5.73 Å². The Bertz CT molecular complexity index is 172. The molecule has 2 aliphatic heterocycles. The van der Waals surface area contributed by atoms with Gasteiger partial charge in [0, 0.05) is 0 Å². The van der Waals surface area contributed by atoms with E-state index in [0.717, 1.165) is 0 Å². The van der Waals surface area contributed by atoms with Gasteiger partial charge in [0.1, 0.15) is 18.3 Å². The maximum atomic E-state index is 9.40. The lowest BCUT2D eigenvalue weighted by Crippen LogP contribution is -2.51. The molecule has 0 aromatic heterocycles. The summed E-state index contributed by atoms with van der Waals surface area (Å²) in [5.41, 5.74) is 3.99. The summed E-state index contributed by atoms with van der Waals surface area (Å²) in [5, 5.41) is 18.6. The molecule has 0 aromatic rings. The van der Waals surface area contributed by atoms with Crippen molar-refractivity contribution in [1.29, 1.82) is 0 Å². The standard InChI is InChI=1S/C6H11NO4/c7-6(9)2-11-4-3(8)1-10-5(4)6/h3-5,8-9H,1-2,7H2/t3-,4-,5+,6+/m1/s1. The Morgan fingerprint density at radius 1 is 1.45 bits per heavy atom. The predicted molar refractivity (Wildman–Crippen MR) is 34.6 cm³/mol. The molecule has 0 spiro atoms. The normalized spacial score (nSPS) is 56.5. The van der Waals surface area contributed by atoms with Crippen molar-refractivity contribution >= 4 is 0 Å². The van der Waals surface area contributed by atoms with Crippen LogP contribution in [0.3, 0.4) is 0 Å². The van der Waals surface area contributed by atoms with E-state index in [1.165, 1.54) is 0 Å². The van der Waals surface area contributed by atoms with Crippen LogP contribution in [0.2, 0.25) is 0 Å². The highest BCUT2D eigenvalue weighted by Gasteiger charge is 2.53. The monoisotopic (exact) mass is 161 g/mol. The molecule has 0 saturated carbocycles. The Hall–Kier alpha value is -0.200. The molecule has 0 aromatic carbocycles. The average molecular weight is 161 g/mol. The Kier molecular flexibility index (Phi) is 1.45. The minimum Gasteiger partial charge on any atom is -0.388 e. The smallest absolute Gasteiger partial charge is 0.166 e. The first-order valence-corrected chi connectivity index (χ1v) is 3.54. The van der Waals surface area contributed by atoms with Gasteiger partial charge in [-0.3, -0.25) is 5.73 Å². The summed E-state index contributed by atoms with van der Waals surface area (Å²) >= 11 is 0. The second kappa shape index (κ2) is 2.15. The second-order valence-electron chi connectivity index (χ2n) is 3.09. The van der Waals surface area contributed by atoms with Crippen molar-refractivity contribution in [3.63, 3.8) is 0 Å². The molecule has 0 amide bonds. The minimum absolute atomic E-state index is 0.0272. The molecule has 4 N–H and O–H groups in total. The third-order valence-electron chi connectivity index (χ3n) is 2.12. The van der Waals surface area contributed by atoms with Crippen molar-refractivity contribution in [3.8, 4) is 0 Å². The third-order valence-corrected chi connectivity index (χ3v) is 2.12. The Morgan fingerprint density at radius 2 is 2.18 bits per heavy atom. The van der Waals surface area contributed by atoms with E-state index < -0.39 is 24.0 Å². The average Bonchev–Trinajstić information content (AvgIpc) is 2.39. The number of aliphatic hydroxyl groups is 2. The van der Waals surface area contributed by atoms with Crippen molar-refractivity contribution in [3.05, 3.63) is 0 Å². The highest BCUT2D eigenvalue weighted by Crippen LogP contribution is 2.30. The number of aliphatic hydroxyl groups excluding tert-OH is 1. The van der Waals surface area contributed by atoms with Gasteiger partial charge in [0.25, 0.3) is 0 Å². The first kappa shape index (κ1) is 7.45. The highest BCUT2D eigenvalue weighted by molar-refractivity contribution is 5.00. The maximum absolute atomic E-state index is 9.40. The molecule has 11 heavy (non-hydrogen) atoms. The minimum atomic E-state index is -1.43. The van der Waals surface area contributed by atoms with Crippen LogP contribution in [0, 0.1) is 0 Å². The number of fused-ring (bicyclic) bond motifs is 1. The van der Waals surface area contributed by atoms with Gasteiger partial charge in [0.15, 0.2) is 5.72 Å². The van der Waals surface area contributed by atoms with Gasteiger partial charge in [0.2, 0.25) is 0 Å². The van der Waals surface area contributed by atoms with Gasteiger partial charge >= 0.3 is 0 Å². The molecule has 2 saturated heterocycles. The van der Waals surface area contributed by atoms with Crippen LogP contribution < -0.4 is 5.73 Å². The van der Waals surface area contributed by atoms with Crippen LogP contribution in [0.5, 0.6) is 0 Å². The molecule has 5 nitrogen and oxygen atoms in total. The summed E-state index contributed by atoms with van der Waals surface area (Å²) < 4.78 is 10.1. The van der Waals surface area contributed by atoms with Crippen molar-refractivity contribution in [2.75, 3.05) is 13.2 Å². The largest absolute Gasteiger partial charge is 0.388 e. The fourth-order valence-electron chi connectivity index (χ4n) is 1.53. The van der Waals surface area contributed by atoms with Gasteiger partial charge in [-0.1, -0.05) is 0 Å². The third kappa shape index (κ3) is 0.969. The van der Waals surface area contributed by atoms with Gasteiger partial charge in [-0.15, -0.1) is 0 Å². The van der Waals surface area contributed by atoms with Crippen LogP contribution >= 0.6 is 0 Å². The zero-order chi connectivity index (χ0) is 8.06. The van der Waals surface area contributed by atoms with E-state index in [-0.39, 0.29) is 13.2 Å². The Balaban J connectivity index is 2.17. The number of hydrogen-bond donors (Lipinski definition) is 3.